The number of azide groups is 1. The summed E-state index contributed by atoms with van der Waals surface area (Å²) >= 11 is 0.547. The predicted octanol–water partition coefficient (Wildman–Crippen LogP) is 3.20. The average molecular weight is 976 g/mol. The predicted molar refractivity (Wildman–Crippen MR) is 241 cm³/mol. The number of hydrogen-bond donors (Lipinski definition) is 7. The molecule has 3 aromatic rings. The quantitative estimate of drug-likeness (QED) is 0.00416. The van der Waals surface area contributed by atoms with E-state index in [-0.39, 0.29) is 128 Å². The molecular formula is C44H47N8O16S-. The van der Waals surface area contributed by atoms with Gasteiger partial charge in [0.1, 0.15) is 29.6 Å². The van der Waals surface area contributed by atoms with Gasteiger partial charge >= 0.3 is 5.97 Å². The van der Waals surface area contributed by atoms with E-state index in [0.29, 0.717) is 39.9 Å². The summed E-state index contributed by atoms with van der Waals surface area (Å²) in [7, 11) is 0. The van der Waals surface area contributed by atoms with Gasteiger partial charge in [-0.3, -0.25) is 14.4 Å². The van der Waals surface area contributed by atoms with Gasteiger partial charge in [0.15, 0.2) is 11.8 Å². The van der Waals surface area contributed by atoms with E-state index in [1.807, 2.05) is 0 Å². The number of ether oxygens (including phenoxy) is 5. The number of carboxylic acids is 2. The van der Waals surface area contributed by atoms with Crippen LogP contribution in [0.5, 0.6) is 5.75 Å². The number of nitrogens with zero attached hydrogens (tertiary/aromatic N) is 3. The van der Waals surface area contributed by atoms with E-state index < -0.39 is 36.6 Å². The lowest BCUT2D eigenvalue weighted by molar-refractivity contribution is -0.432. The summed E-state index contributed by atoms with van der Waals surface area (Å²) in [4.78, 5) is 64.2. The van der Waals surface area contributed by atoms with Crippen LogP contribution in [0.4, 0.5) is 5.69 Å². The van der Waals surface area contributed by atoms with Crippen LogP contribution in [-0.4, -0.2) is 119 Å². The molecule has 0 spiro atoms. The average Bonchev–Trinajstić information content (AvgIpc) is 3.33. The molecule has 0 radical (unpaired) electrons. The summed E-state index contributed by atoms with van der Waals surface area (Å²) in [5, 5.41) is 54.1. The number of amides is 3. The minimum absolute atomic E-state index is 0.0397. The molecule has 0 fully saturated rings. The first-order valence-corrected chi connectivity index (χ1v) is 21.6. The SMILES string of the molecule is Cc1c2oc3c(SOOO)c(N)ccc3c(-c3cc(C(=O)NCCOCCOCCC(=O)NCCNC(=O)c4cccc(OCC(N=[N+]=[N-])OCCOCC(=O)O)c4)ccc3C(=O)[O-])c-2ccc1=N. The van der Waals surface area contributed by atoms with Crippen molar-refractivity contribution < 1.29 is 76.9 Å². The Kier molecular flexibility index (Phi) is 20.5. The Labute approximate surface area is 396 Å². The second-order valence-corrected chi connectivity index (χ2v) is 15.1. The molecule has 0 saturated carbocycles. The standard InChI is InChI=1S/C44H48N8O16S/c1-25-33(45)9-7-30-38(31-8-10-34(46)41(69-68-67-60)40(31)66-39(25)30)32-22-27(5-6-29(32)44(58)59)43(57)50-14-16-62-18-17-61-15-11-35(53)48-12-13-49-42(56)26-3-2-4-28(21-26)65-23-36(51-52-47)64-20-19-63-24-37(54)55/h2-10,21-22,36,45,60H,11-20,23-24,46H2,1H3,(H,48,53)(H,49,56)(H,50,57)(H,54,55)(H,58,59)/p-1. The minimum Gasteiger partial charge on any atom is -0.545 e. The molecule has 2 aliphatic rings. The lowest BCUT2D eigenvalue weighted by Gasteiger charge is -2.21. The first-order chi connectivity index (χ1) is 33.3. The van der Waals surface area contributed by atoms with Crippen molar-refractivity contribution in [3.05, 3.63) is 105 Å². The van der Waals surface area contributed by atoms with Gasteiger partial charge in [0, 0.05) is 69.7 Å². The third kappa shape index (κ3) is 15.3. The van der Waals surface area contributed by atoms with Crippen LogP contribution >= 0.6 is 12.0 Å². The fraction of sp³-hybridized carbons (Fsp3) is 0.318. The lowest BCUT2D eigenvalue weighted by atomic mass is 9.88. The Morgan fingerprint density at radius 3 is 2.35 bits per heavy atom. The normalized spacial score (nSPS) is 11.4. The number of carbonyl (C=O) groups excluding carboxylic acids is 4. The molecule has 5 rings (SSSR count). The summed E-state index contributed by atoms with van der Waals surface area (Å²) in [5.74, 6) is -3.36. The molecule has 1 heterocycles. The first-order valence-electron chi connectivity index (χ1n) is 20.8. The molecule has 1 aliphatic heterocycles. The van der Waals surface area contributed by atoms with Crippen LogP contribution in [0.2, 0.25) is 0 Å². The van der Waals surface area contributed by atoms with Crippen molar-refractivity contribution in [1.29, 1.82) is 5.41 Å². The molecular weight excluding hydrogens is 929 g/mol. The lowest BCUT2D eigenvalue weighted by Crippen LogP contribution is -2.35. The highest BCUT2D eigenvalue weighted by Gasteiger charge is 2.25. The Bertz CT molecular complexity index is 2700. The fourth-order valence-corrected chi connectivity index (χ4v) is 6.99. The van der Waals surface area contributed by atoms with Gasteiger partial charge in [0.05, 0.1) is 68.7 Å². The van der Waals surface area contributed by atoms with Crippen LogP contribution in [-0.2, 0) is 37.9 Å². The molecule has 1 unspecified atom stereocenters. The van der Waals surface area contributed by atoms with Crippen LogP contribution in [0.1, 0.15) is 43.1 Å². The van der Waals surface area contributed by atoms with Gasteiger partial charge in [0.2, 0.25) is 5.91 Å². The molecule has 0 bridgehead atoms. The largest absolute Gasteiger partial charge is 0.545 e. The number of nitrogens with two attached hydrogens (primary N) is 1. The Hall–Kier alpha value is -7.32. The molecule has 1 aliphatic carbocycles. The number of nitrogens with one attached hydrogen (secondary N) is 4. The van der Waals surface area contributed by atoms with Gasteiger partial charge in [-0.25, -0.2) is 10.1 Å². The van der Waals surface area contributed by atoms with Crippen LogP contribution in [0.15, 0.2) is 81.2 Å². The number of hydrogen-bond acceptors (Lipinski definition) is 19. The molecule has 24 nitrogen and oxygen atoms in total. The van der Waals surface area contributed by atoms with Crippen molar-refractivity contribution in [3.63, 3.8) is 0 Å². The van der Waals surface area contributed by atoms with Crippen molar-refractivity contribution in [2.45, 2.75) is 24.5 Å². The highest BCUT2D eigenvalue weighted by molar-refractivity contribution is 7.95. The molecule has 366 valence electrons. The summed E-state index contributed by atoms with van der Waals surface area (Å²) in [5.41, 5.74) is 16.8. The van der Waals surface area contributed by atoms with Gasteiger partial charge in [-0.15, -0.1) is 4.33 Å². The maximum Gasteiger partial charge on any atom is 0.329 e. The third-order valence-electron chi connectivity index (χ3n) is 9.75. The van der Waals surface area contributed by atoms with E-state index in [1.54, 1.807) is 37.3 Å². The summed E-state index contributed by atoms with van der Waals surface area (Å²) < 4.78 is 37.7. The molecule has 69 heavy (non-hydrogen) atoms. The van der Waals surface area contributed by atoms with E-state index in [2.05, 4.69) is 35.3 Å². The topological polar surface area (TPSA) is 361 Å². The number of carboxylic acid groups (broad SMARTS) is 2. The number of aromatic carboxylic acids is 1. The molecule has 3 aromatic carbocycles. The molecule has 1 atom stereocenters. The number of carbonyl (C=O) groups is 5. The summed E-state index contributed by atoms with van der Waals surface area (Å²) in [6, 6.07) is 16.5. The van der Waals surface area contributed by atoms with E-state index in [9.17, 15) is 29.1 Å². The second-order valence-electron chi connectivity index (χ2n) is 14.4. The van der Waals surface area contributed by atoms with Crippen molar-refractivity contribution in [3.8, 4) is 28.2 Å². The van der Waals surface area contributed by atoms with E-state index in [0.717, 1.165) is 0 Å². The molecule has 25 heteroatoms. The zero-order valence-corrected chi connectivity index (χ0v) is 37.7. The zero-order chi connectivity index (χ0) is 49.7. The van der Waals surface area contributed by atoms with Crippen LogP contribution in [0.25, 0.3) is 43.9 Å². The summed E-state index contributed by atoms with van der Waals surface area (Å²) in [6.45, 7) is 1.79. The number of aliphatic carboxylic acids is 1. The number of nitrogen functional groups attached to an aromatic ring is 1. The summed E-state index contributed by atoms with van der Waals surface area (Å²) in [6.07, 6.45) is -0.982. The number of rotatable bonds is 29. The highest BCUT2D eigenvalue weighted by Crippen LogP contribution is 2.46. The number of benzene rings is 4. The zero-order valence-electron chi connectivity index (χ0n) is 36.9. The van der Waals surface area contributed by atoms with Gasteiger partial charge in [-0.2, -0.15) is 0 Å². The van der Waals surface area contributed by atoms with Crippen LogP contribution < -0.4 is 36.9 Å². The van der Waals surface area contributed by atoms with Crippen molar-refractivity contribution in [2.24, 2.45) is 5.11 Å². The van der Waals surface area contributed by atoms with Gasteiger partial charge < -0.3 is 70.2 Å². The molecule has 8 N–H and O–H groups in total. The Morgan fingerprint density at radius 2 is 1.61 bits per heavy atom. The van der Waals surface area contributed by atoms with E-state index >= 15 is 0 Å². The Morgan fingerprint density at radius 1 is 0.884 bits per heavy atom. The number of anilines is 1. The van der Waals surface area contributed by atoms with Crippen molar-refractivity contribution >= 4 is 58.4 Å². The van der Waals surface area contributed by atoms with Crippen molar-refractivity contribution in [1.82, 2.24) is 16.0 Å². The van der Waals surface area contributed by atoms with Gasteiger partial charge in [-0.1, -0.05) is 22.3 Å². The second kappa shape index (κ2) is 26.9. The van der Waals surface area contributed by atoms with Crippen molar-refractivity contribution in [2.75, 3.05) is 78.2 Å². The molecule has 3 amide bonds. The minimum atomic E-state index is -1.51. The monoisotopic (exact) mass is 975 g/mol. The number of fused-ring (bicyclic) bond motifs is 2. The van der Waals surface area contributed by atoms with Gasteiger partial charge in [0.25, 0.3) is 11.8 Å². The van der Waals surface area contributed by atoms with Crippen LogP contribution in [0, 0.1) is 12.3 Å². The third-order valence-corrected chi connectivity index (χ3v) is 10.5. The highest BCUT2D eigenvalue weighted by atomic mass is 32.2. The van der Waals surface area contributed by atoms with E-state index in [4.69, 9.17) is 55.1 Å². The van der Waals surface area contributed by atoms with Crippen LogP contribution in [0.3, 0.4) is 0 Å². The first kappa shape index (κ1) is 52.6. The Balaban J connectivity index is 1.02. The molecule has 0 saturated heterocycles. The maximum atomic E-state index is 13.3. The van der Waals surface area contributed by atoms with E-state index in [1.165, 1.54) is 36.4 Å². The smallest absolute Gasteiger partial charge is 0.329 e. The molecule has 0 aromatic heterocycles. The maximum absolute atomic E-state index is 13.3. The van der Waals surface area contributed by atoms with Gasteiger partial charge in [-0.05, 0) is 72.6 Å². The fourth-order valence-electron chi connectivity index (χ4n) is 6.50.